The quantitative estimate of drug-likeness (QED) is 0.775. The summed E-state index contributed by atoms with van der Waals surface area (Å²) >= 11 is 0. The number of aromatic nitrogens is 2. The molecule has 1 N–H and O–H groups in total. The largest absolute Gasteiger partial charge is 0.465 e. The maximum Gasteiger partial charge on any atom is 0.123 e. The van der Waals surface area contributed by atoms with Crippen molar-refractivity contribution in [3.05, 3.63) is 66.6 Å². The van der Waals surface area contributed by atoms with E-state index in [9.17, 15) is 0 Å². The number of benzene rings is 1. The van der Waals surface area contributed by atoms with Crippen LogP contribution in [0.25, 0.3) is 5.69 Å². The van der Waals surface area contributed by atoms with Gasteiger partial charge in [-0.15, -0.1) is 0 Å². The Labute approximate surface area is 111 Å². The van der Waals surface area contributed by atoms with E-state index in [1.165, 1.54) is 0 Å². The third kappa shape index (κ3) is 2.68. The Bertz CT molecular complexity index is 656. The van der Waals surface area contributed by atoms with Crippen molar-refractivity contribution in [3.8, 4) is 5.69 Å². The summed E-state index contributed by atoms with van der Waals surface area (Å²) in [5.74, 6) is 1.87. The van der Waals surface area contributed by atoms with E-state index >= 15 is 0 Å². The van der Waals surface area contributed by atoms with Gasteiger partial charge in [-0.1, -0.05) is 6.07 Å². The lowest BCUT2D eigenvalue weighted by Crippen LogP contribution is -1.99. The van der Waals surface area contributed by atoms with Gasteiger partial charge in [-0.05, 0) is 37.3 Å². The van der Waals surface area contributed by atoms with Crippen molar-refractivity contribution in [1.82, 2.24) is 9.55 Å². The number of hydrogen-bond donors (Lipinski definition) is 1. The average Bonchev–Trinajstić information content (AvgIpc) is 3.08. The topological polar surface area (TPSA) is 43.0 Å². The zero-order valence-electron chi connectivity index (χ0n) is 10.7. The van der Waals surface area contributed by atoms with Crippen LogP contribution in [0.2, 0.25) is 0 Å². The molecule has 4 heteroatoms. The molecule has 0 atom stereocenters. The third-order valence-corrected chi connectivity index (χ3v) is 2.91. The van der Waals surface area contributed by atoms with Crippen LogP contribution in [0.3, 0.4) is 0 Å². The lowest BCUT2D eigenvalue weighted by Gasteiger charge is -2.07. The molecule has 0 aliphatic heterocycles. The average molecular weight is 253 g/mol. The Balaban J connectivity index is 1.73. The molecule has 0 aliphatic rings. The molecular weight excluding hydrogens is 238 g/mol. The molecule has 0 saturated carbocycles. The molecule has 1 aromatic carbocycles. The number of imidazole rings is 1. The van der Waals surface area contributed by atoms with Crippen LogP contribution in [0.15, 0.2) is 59.5 Å². The molecule has 0 spiro atoms. The van der Waals surface area contributed by atoms with E-state index in [2.05, 4.69) is 16.4 Å². The minimum absolute atomic E-state index is 0.682. The zero-order chi connectivity index (χ0) is 13.1. The lowest BCUT2D eigenvalue weighted by molar-refractivity contribution is 0.490. The van der Waals surface area contributed by atoms with Crippen molar-refractivity contribution < 1.29 is 4.42 Å². The highest BCUT2D eigenvalue weighted by atomic mass is 16.3. The van der Waals surface area contributed by atoms with Crippen LogP contribution in [0.4, 0.5) is 5.69 Å². The van der Waals surface area contributed by atoms with Crippen molar-refractivity contribution in [1.29, 1.82) is 0 Å². The van der Waals surface area contributed by atoms with Gasteiger partial charge in [-0.3, -0.25) is 0 Å². The summed E-state index contributed by atoms with van der Waals surface area (Å²) in [6.45, 7) is 2.63. The monoisotopic (exact) mass is 253 g/mol. The van der Waals surface area contributed by atoms with Gasteiger partial charge in [0.05, 0.1) is 12.9 Å². The van der Waals surface area contributed by atoms with Crippen LogP contribution in [0.1, 0.15) is 11.5 Å². The van der Waals surface area contributed by atoms with Gasteiger partial charge in [0, 0.05) is 23.8 Å². The summed E-state index contributed by atoms with van der Waals surface area (Å²) in [7, 11) is 0. The second kappa shape index (κ2) is 5.02. The lowest BCUT2D eigenvalue weighted by atomic mass is 10.2. The molecule has 3 aromatic rings. The molecule has 2 aromatic heterocycles. The molecule has 0 saturated heterocycles. The highest BCUT2D eigenvalue weighted by molar-refractivity contribution is 5.51. The van der Waals surface area contributed by atoms with E-state index < -0.39 is 0 Å². The third-order valence-electron chi connectivity index (χ3n) is 2.91. The second-order valence-electron chi connectivity index (χ2n) is 4.39. The van der Waals surface area contributed by atoms with Crippen molar-refractivity contribution in [2.24, 2.45) is 0 Å². The van der Waals surface area contributed by atoms with Gasteiger partial charge in [0.1, 0.15) is 11.5 Å². The molecule has 0 aliphatic carbocycles. The Hall–Kier alpha value is -2.49. The molecule has 96 valence electrons. The number of hydrogen-bond acceptors (Lipinski definition) is 3. The van der Waals surface area contributed by atoms with Crippen molar-refractivity contribution in [3.63, 3.8) is 0 Å². The van der Waals surface area contributed by atoms with Crippen LogP contribution >= 0.6 is 0 Å². The summed E-state index contributed by atoms with van der Waals surface area (Å²) in [6, 6.07) is 12.1. The van der Waals surface area contributed by atoms with Crippen LogP contribution in [-0.4, -0.2) is 9.55 Å². The predicted molar refractivity (Wildman–Crippen MR) is 74.3 cm³/mol. The summed E-state index contributed by atoms with van der Waals surface area (Å²) < 4.78 is 7.50. The number of furan rings is 1. The first-order chi connectivity index (χ1) is 9.31. The minimum atomic E-state index is 0.682. The summed E-state index contributed by atoms with van der Waals surface area (Å²) in [6.07, 6.45) is 5.48. The fourth-order valence-electron chi connectivity index (χ4n) is 1.96. The van der Waals surface area contributed by atoms with Gasteiger partial charge >= 0.3 is 0 Å². The molecule has 0 amide bonds. The van der Waals surface area contributed by atoms with Crippen LogP contribution in [0, 0.1) is 6.92 Å². The van der Waals surface area contributed by atoms with Gasteiger partial charge in [0.25, 0.3) is 0 Å². The molecule has 0 unspecified atom stereocenters. The Kier molecular flexibility index (Phi) is 3.06. The fourth-order valence-corrected chi connectivity index (χ4v) is 1.96. The minimum Gasteiger partial charge on any atom is -0.465 e. The Morgan fingerprint density at radius 3 is 2.95 bits per heavy atom. The molecule has 4 nitrogen and oxygen atoms in total. The highest BCUT2D eigenvalue weighted by Gasteiger charge is 2.00. The first-order valence-corrected chi connectivity index (χ1v) is 6.19. The molecule has 0 radical (unpaired) electrons. The first-order valence-electron chi connectivity index (χ1n) is 6.19. The predicted octanol–water partition coefficient (Wildman–Crippen LogP) is 3.39. The molecule has 2 heterocycles. The van der Waals surface area contributed by atoms with Gasteiger partial charge in [0.15, 0.2) is 0 Å². The Morgan fingerprint density at radius 1 is 1.26 bits per heavy atom. The molecular formula is C15H15N3O. The summed E-state index contributed by atoms with van der Waals surface area (Å²) in [5.41, 5.74) is 2.14. The van der Waals surface area contributed by atoms with Gasteiger partial charge in [-0.25, -0.2) is 4.98 Å². The van der Waals surface area contributed by atoms with E-state index in [0.29, 0.717) is 6.54 Å². The number of aryl methyl sites for hydroxylation is 1. The number of rotatable bonds is 4. The number of nitrogens with zero attached hydrogens (tertiary/aromatic N) is 2. The highest BCUT2D eigenvalue weighted by Crippen LogP contribution is 2.16. The van der Waals surface area contributed by atoms with E-state index in [0.717, 1.165) is 22.9 Å². The van der Waals surface area contributed by atoms with Crippen molar-refractivity contribution in [2.45, 2.75) is 13.5 Å². The fraction of sp³-hybridized carbons (Fsp3) is 0.133. The molecule has 19 heavy (non-hydrogen) atoms. The molecule has 0 bridgehead atoms. The van der Waals surface area contributed by atoms with Gasteiger partial charge < -0.3 is 14.3 Å². The van der Waals surface area contributed by atoms with Crippen LogP contribution in [-0.2, 0) is 6.54 Å². The van der Waals surface area contributed by atoms with Gasteiger partial charge in [-0.2, -0.15) is 0 Å². The van der Waals surface area contributed by atoms with E-state index in [1.54, 1.807) is 12.5 Å². The number of nitrogens with one attached hydrogen (secondary N) is 1. The first kappa shape index (κ1) is 11.6. The van der Waals surface area contributed by atoms with Crippen molar-refractivity contribution >= 4 is 5.69 Å². The van der Waals surface area contributed by atoms with E-state index in [4.69, 9.17) is 4.42 Å². The van der Waals surface area contributed by atoms with Crippen LogP contribution in [0.5, 0.6) is 0 Å². The SMILES string of the molecule is Cc1ccc(CNc2cccc(-n3ccnc3)c2)o1. The number of anilines is 1. The van der Waals surface area contributed by atoms with Crippen molar-refractivity contribution in [2.75, 3.05) is 5.32 Å². The summed E-state index contributed by atoms with van der Waals surface area (Å²) in [5, 5.41) is 3.35. The van der Waals surface area contributed by atoms with Gasteiger partial charge in [0.2, 0.25) is 0 Å². The second-order valence-corrected chi connectivity index (χ2v) is 4.39. The van der Waals surface area contributed by atoms with E-state index in [-0.39, 0.29) is 0 Å². The van der Waals surface area contributed by atoms with Crippen LogP contribution < -0.4 is 5.32 Å². The standard InChI is InChI=1S/C15H15N3O/c1-12-5-6-15(19-12)10-17-13-3-2-4-14(9-13)18-8-7-16-11-18/h2-9,11,17H,10H2,1H3. The van der Waals surface area contributed by atoms with E-state index in [1.807, 2.05) is 48.0 Å². The maximum atomic E-state index is 5.53. The normalized spacial score (nSPS) is 10.6. The Morgan fingerprint density at radius 2 is 2.21 bits per heavy atom. The molecule has 3 rings (SSSR count). The molecule has 0 fully saturated rings. The maximum absolute atomic E-state index is 5.53. The smallest absolute Gasteiger partial charge is 0.123 e. The summed E-state index contributed by atoms with van der Waals surface area (Å²) in [4.78, 5) is 4.05. The zero-order valence-corrected chi connectivity index (χ0v) is 10.7.